The SMILES string of the molecule is COCC(C)(C)N1CCCNC(Cc2ccccc2)C1. The summed E-state index contributed by atoms with van der Waals surface area (Å²) < 4.78 is 5.39. The molecule has 2 rings (SSSR count). The van der Waals surface area contributed by atoms with Gasteiger partial charge in [0.05, 0.1) is 6.61 Å². The maximum Gasteiger partial charge on any atom is 0.0641 e. The summed E-state index contributed by atoms with van der Waals surface area (Å²) in [6.07, 6.45) is 2.30. The van der Waals surface area contributed by atoms with Crippen molar-refractivity contribution < 1.29 is 4.74 Å². The first kappa shape index (κ1) is 15.5. The molecule has 1 aromatic carbocycles. The van der Waals surface area contributed by atoms with E-state index in [0.29, 0.717) is 6.04 Å². The molecule has 1 heterocycles. The van der Waals surface area contributed by atoms with E-state index in [4.69, 9.17) is 4.74 Å². The fourth-order valence-electron chi connectivity index (χ4n) is 3.03. The van der Waals surface area contributed by atoms with Crippen molar-refractivity contribution in [3.8, 4) is 0 Å². The first-order chi connectivity index (χ1) is 9.62. The van der Waals surface area contributed by atoms with Gasteiger partial charge in [-0.25, -0.2) is 0 Å². The third-order valence-corrected chi connectivity index (χ3v) is 4.16. The van der Waals surface area contributed by atoms with Crippen molar-refractivity contribution in [2.24, 2.45) is 0 Å². The molecule has 0 amide bonds. The zero-order chi connectivity index (χ0) is 14.4. The number of methoxy groups -OCH3 is 1. The summed E-state index contributed by atoms with van der Waals surface area (Å²) >= 11 is 0. The molecular formula is C17H28N2O. The van der Waals surface area contributed by atoms with E-state index in [2.05, 4.69) is 54.4 Å². The van der Waals surface area contributed by atoms with Crippen molar-refractivity contribution in [2.45, 2.75) is 38.3 Å². The minimum absolute atomic E-state index is 0.107. The second-order valence-corrected chi connectivity index (χ2v) is 6.39. The standard InChI is InChI=1S/C17H28N2O/c1-17(2,14-20-3)19-11-7-10-18-16(13-19)12-15-8-5-4-6-9-15/h4-6,8-9,16,18H,7,10-14H2,1-3H3. The van der Waals surface area contributed by atoms with E-state index in [0.717, 1.165) is 32.7 Å². The molecule has 1 atom stereocenters. The molecule has 0 radical (unpaired) electrons. The summed E-state index contributed by atoms with van der Waals surface area (Å²) in [6, 6.07) is 11.3. The number of ether oxygens (including phenoxy) is 1. The van der Waals surface area contributed by atoms with E-state index < -0.39 is 0 Å². The van der Waals surface area contributed by atoms with Crippen LogP contribution in [0.25, 0.3) is 0 Å². The number of hydrogen-bond donors (Lipinski definition) is 1. The van der Waals surface area contributed by atoms with Gasteiger partial charge in [0.1, 0.15) is 0 Å². The van der Waals surface area contributed by atoms with E-state index in [1.165, 1.54) is 12.0 Å². The average molecular weight is 276 g/mol. The van der Waals surface area contributed by atoms with Gasteiger partial charge < -0.3 is 10.1 Å². The normalized spacial score (nSPS) is 21.6. The lowest BCUT2D eigenvalue weighted by Crippen LogP contribution is -2.51. The molecule has 1 aliphatic rings. The van der Waals surface area contributed by atoms with Crippen LogP contribution in [0.4, 0.5) is 0 Å². The molecule has 112 valence electrons. The molecule has 1 saturated heterocycles. The van der Waals surface area contributed by atoms with Crippen LogP contribution in [0, 0.1) is 0 Å². The van der Waals surface area contributed by atoms with Crippen LogP contribution in [0.2, 0.25) is 0 Å². The third-order valence-electron chi connectivity index (χ3n) is 4.16. The predicted octanol–water partition coefficient (Wildman–Crippen LogP) is 2.32. The van der Waals surface area contributed by atoms with Gasteiger partial charge in [0.25, 0.3) is 0 Å². The monoisotopic (exact) mass is 276 g/mol. The van der Waals surface area contributed by atoms with Gasteiger partial charge in [0, 0.05) is 31.8 Å². The Morgan fingerprint density at radius 3 is 2.75 bits per heavy atom. The molecule has 1 unspecified atom stereocenters. The molecule has 3 heteroatoms. The smallest absolute Gasteiger partial charge is 0.0641 e. The Labute approximate surface area is 123 Å². The Bertz CT molecular complexity index is 391. The molecule has 0 bridgehead atoms. The molecule has 1 aliphatic heterocycles. The Hall–Kier alpha value is -0.900. The topological polar surface area (TPSA) is 24.5 Å². The summed E-state index contributed by atoms with van der Waals surface area (Å²) in [5.41, 5.74) is 1.52. The van der Waals surface area contributed by atoms with Crippen molar-refractivity contribution in [3.05, 3.63) is 35.9 Å². The van der Waals surface area contributed by atoms with Crippen molar-refractivity contribution >= 4 is 0 Å². The molecule has 3 nitrogen and oxygen atoms in total. The van der Waals surface area contributed by atoms with Crippen molar-refractivity contribution in [3.63, 3.8) is 0 Å². The number of hydrogen-bond acceptors (Lipinski definition) is 3. The first-order valence-corrected chi connectivity index (χ1v) is 7.63. The number of nitrogens with one attached hydrogen (secondary N) is 1. The lowest BCUT2D eigenvalue weighted by atomic mass is 10.0. The minimum Gasteiger partial charge on any atom is -0.383 e. The van der Waals surface area contributed by atoms with Crippen LogP contribution >= 0.6 is 0 Å². The number of rotatable bonds is 5. The number of nitrogens with zero attached hydrogens (tertiary/aromatic N) is 1. The average Bonchev–Trinajstić information content (AvgIpc) is 2.66. The highest BCUT2D eigenvalue weighted by molar-refractivity contribution is 5.16. The molecular weight excluding hydrogens is 248 g/mol. The van der Waals surface area contributed by atoms with Crippen molar-refractivity contribution in [2.75, 3.05) is 33.4 Å². The van der Waals surface area contributed by atoms with Gasteiger partial charge in [0.15, 0.2) is 0 Å². The molecule has 20 heavy (non-hydrogen) atoms. The van der Waals surface area contributed by atoms with Gasteiger partial charge in [-0.2, -0.15) is 0 Å². The molecule has 0 aromatic heterocycles. The Kier molecular flexibility index (Phi) is 5.58. The molecule has 1 fully saturated rings. The van der Waals surface area contributed by atoms with Gasteiger partial charge in [-0.3, -0.25) is 4.90 Å². The fraction of sp³-hybridized carbons (Fsp3) is 0.647. The van der Waals surface area contributed by atoms with E-state index >= 15 is 0 Å². The third kappa shape index (κ3) is 4.30. The Balaban J connectivity index is 2.00. The molecule has 1 N–H and O–H groups in total. The lowest BCUT2D eigenvalue weighted by molar-refractivity contribution is 0.0326. The quantitative estimate of drug-likeness (QED) is 0.893. The van der Waals surface area contributed by atoms with E-state index in [-0.39, 0.29) is 5.54 Å². The summed E-state index contributed by atoms with van der Waals surface area (Å²) in [6.45, 7) is 8.69. The zero-order valence-electron chi connectivity index (χ0n) is 13.1. The van der Waals surface area contributed by atoms with Crippen LogP contribution in [-0.4, -0.2) is 49.8 Å². The van der Waals surface area contributed by atoms with Crippen LogP contribution in [0.1, 0.15) is 25.8 Å². The second kappa shape index (κ2) is 7.21. The van der Waals surface area contributed by atoms with E-state index in [1.807, 2.05) is 0 Å². The van der Waals surface area contributed by atoms with Gasteiger partial charge >= 0.3 is 0 Å². The summed E-state index contributed by atoms with van der Waals surface area (Å²) in [7, 11) is 1.79. The highest BCUT2D eigenvalue weighted by Gasteiger charge is 2.30. The molecule has 1 aromatic rings. The van der Waals surface area contributed by atoms with Crippen LogP contribution in [0.15, 0.2) is 30.3 Å². The summed E-state index contributed by atoms with van der Waals surface area (Å²) in [5, 5.41) is 3.69. The molecule has 0 saturated carbocycles. The van der Waals surface area contributed by atoms with E-state index in [9.17, 15) is 0 Å². The maximum atomic E-state index is 5.39. The Morgan fingerprint density at radius 2 is 2.05 bits per heavy atom. The highest BCUT2D eigenvalue weighted by atomic mass is 16.5. The van der Waals surface area contributed by atoms with Gasteiger partial charge in [-0.1, -0.05) is 30.3 Å². The highest BCUT2D eigenvalue weighted by Crippen LogP contribution is 2.18. The van der Waals surface area contributed by atoms with Crippen molar-refractivity contribution in [1.82, 2.24) is 10.2 Å². The maximum absolute atomic E-state index is 5.39. The lowest BCUT2D eigenvalue weighted by Gasteiger charge is -2.38. The number of benzene rings is 1. The fourth-order valence-corrected chi connectivity index (χ4v) is 3.03. The Morgan fingerprint density at radius 1 is 1.30 bits per heavy atom. The van der Waals surface area contributed by atoms with E-state index in [1.54, 1.807) is 7.11 Å². The van der Waals surface area contributed by atoms with Crippen LogP contribution in [0.3, 0.4) is 0 Å². The van der Waals surface area contributed by atoms with Gasteiger partial charge in [-0.05, 0) is 38.8 Å². The first-order valence-electron chi connectivity index (χ1n) is 7.63. The van der Waals surface area contributed by atoms with Gasteiger partial charge in [-0.15, -0.1) is 0 Å². The summed E-state index contributed by atoms with van der Waals surface area (Å²) in [5.74, 6) is 0. The van der Waals surface area contributed by atoms with Crippen molar-refractivity contribution in [1.29, 1.82) is 0 Å². The van der Waals surface area contributed by atoms with Crippen LogP contribution in [0.5, 0.6) is 0 Å². The minimum atomic E-state index is 0.107. The predicted molar refractivity (Wildman–Crippen MR) is 84.1 cm³/mol. The van der Waals surface area contributed by atoms with Gasteiger partial charge in [0.2, 0.25) is 0 Å². The van der Waals surface area contributed by atoms with Crippen LogP contribution in [-0.2, 0) is 11.2 Å². The molecule has 0 spiro atoms. The summed E-state index contributed by atoms with van der Waals surface area (Å²) in [4.78, 5) is 2.57. The second-order valence-electron chi connectivity index (χ2n) is 6.39. The largest absolute Gasteiger partial charge is 0.383 e. The van der Waals surface area contributed by atoms with Crippen LogP contribution < -0.4 is 5.32 Å². The zero-order valence-corrected chi connectivity index (χ0v) is 13.1. The molecule has 0 aliphatic carbocycles.